The van der Waals surface area contributed by atoms with Crippen LogP contribution in [0.3, 0.4) is 0 Å². The summed E-state index contributed by atoms with van der Waals surface area (Å²) < 4.78 is 25.6. The molecule has 0 bridgehead atoms. The Balaban J connectivity index is 1.85. The molecular weight excluding hydrogens is 634 g/mol. The maximum absolute atomic E-state index is 14.4. The van der Waals surface area contributed by atoms with Gasteiger partial charge in [-0.1, -0.05) is 73.3 Å². The van der Waals surface area contributed by atoms with Crippen molar-refractivity contribution in [2.45, 2.75) is 136 Å². The van der Waals surface area contributed by atoms with Crippen LogP contribution in [0, 0.1) is 22.7 Å². The van der Waals surface area contributed by atoms with Crippen LogP contribution in [0.2, 0.25) is 0 Å². The van der Waals surface area contributed by atoms with Crippen LogP contribution in [0.5, 0.6) is 0 Å². The van der Waals surface area contributed by atoms with Crippen molar-refractivity contribution in [2.75, 3.05) is 18.8 Å². The lowest BCUT2D eigenvalue weighted by Crippen LogP contribution is -2.64. The molecule has 0 radical (unpaired) electrons. The fraction of sp³-hybridized carbons (Fsp3) is 0.800. The molecule has 4 N–H and O–H groups in total. The molecule has 3 rings (SSSR count). The van der Waals surface area contributed by atoms with Crippen LogP contribution in [-0.4, -0.2) is 90.1 Å². The van der Waals surface area contributed by atoms with Gasteiger partial charge in [-0.25, -0.2) is 13.2 Å². The summed E-state index contributed by atoms with van der Waals surface area (Å²) >= 11 is 0. The van der Waals surface area contributed by atoms with Crippen LogP contribution < -0.4 is 21.3 Å². The third-order valence-electron chi connectivity index (χ3n) is 10.6. The highest BCUT2D eigenvalue weighted by atomic mass is 32.2. The molecule has 1 aliphatic heterocycles. The summed E-state index contributed by atoms with van der Waals surface area (Å²) in [5.41, 5.74) is -1.93. The van der Waals surface area contributed by atoms with E-state index >= 15 is 0 Å². The molecule has 272 valence electrons. The zero-order chi connectivity index (χ0) is 36.5. The number of carbonyl (C=O) groups is 5. The highest BCUT2D eigenvalue weighted by Gasteiger charge is 2.70. The third-order valence-corrected chi connectivity index (χ3v) is 13.4. The normalized spacial score (nSPS) is 24.4. The minimum absolute atomic E-state index is 0.0518. The summed E-state index contributed by atoms with van der Waals surface area (Å²) in [6.45, 7) is 20.3. The lowest BCUT2D eigenvalue weighted by Gasteiger charge is -2.41. The molecule has 0 aromatic heterocycles. The van der Waals surface area contributed by atoms with E-state index in [9.17, 15) is 32.4 Å². The first-order valence-electron chi connectivity index (χ1n) is 17.4. The number of ketones is 1. The smallest absolute Gasteiger partial charge is 0.315 e. The van der Waals surface area contributed by atoms with Crippen LogP contribution in [0.25, 0.3) is 0 Å². The number of likely N-dealkylation sites (tertiary alicyclic amines) is 1. The molecule has 0 aromatic rings. The Morgan fingerprint density at radius 3 is 2.10 bits per heavy atom. The van der Waals surface area contributed by atoms with E-state index < -0.39 is 73.2 Å². The van der Waals surface area contributed by atoms with Gasteiger partial charge in [-0.15, -0.1) is 6.58 Å². The Morgan fingerprint density at radius 1 is 0.979 bits per heavy atom. The summed E-state index contributed by atoms with van der Waals surface area (Å²) in [4.78, 5) is 69.0. The van der Waals surface area contributed by atoms with Gasteiger partial charge in [0, 0.05) is 13.1 Å². The Morgan fingerprint density at radius 2 is 1.58 bits per heavy atom. The number of piperidine rings is 1. The first kappa shape index (κ1) is 39.5. The van der Waals surface area contributed by atoms with Crippen molar-refractivity contribution in [3.63, 3.8) is 0 Å². The van der Waals surface area contributed by atoms with Crippen LogP contribution >= 0.6 is 0 Å². The number of nitrogens with one attached hydrogen (secondary N) is 4. The van der Waals surface area contributed by atoms with Crippen molar-refractivity contribution in [2.24, 2.45) is 22.7 Å². The van der Waals surface area contributed by atoms with Gasteiger partial charge in [0.15, 0.2) is 9.84 Å². The van der Waals surface area contributed by atoms with Crippen molar-refractivity contribution < 1.29 is 32.4 Å². The third kappa shape index (κ3) is 8.60. The highest BCUT2D eigenvalue weighted by molar-refractivity contribution is 7.92. The van der Waals surface area contributed by atoms with Gasteiger partial charge in [0.05, 0.1) is 22.1 Å². The molecule has 48 heavy (non-hydrogen) atoms. The fourth-order valence-electron chi connectivity index (χ4n) is 7.37. The number of rotatable bonds is 13. The maximum atomic E-state index is 14.4. The highest BCUT2D eigenvalue weighted by Crippen LogP contribution is 2.65. The molecule has 5 atom stereocenters. The monoisotopic (exact) mass is 693 g/mol. The Hall–Kier alpha value is -2.96. The topological polar surface area (TPSA) is 171 Å². The van der Waals surface area contributed by atoms with E-state index in [0.717, 1.165) is 19.3 Å². The van der Waals surface area contributed by atoms with E-state index in [1.807, 2.05) is 41.5 Å². The molecule has 3 fully saturated rings. The van der Waals surface area contributed by atoms with Crippen molar-refractivity contribution in [3.8, 4) is 0 Å². The number of urea groups is 1. The van der Waals surface area contributed by atoms with Gasteiger partial charge >= 0.3 is 6.03 Å². The van der Waals surface area contributed by atoms with Crippen LogP contribution in [0.4, 0.5) is 4.79 Å². The number of Topliss-reactive ketones (excluding diaryl/α,β-unsaturated/α-hetero) is 1. The van der Waals surface area contributed by atoms with Crippen LogP contribution in [-0.2, 0) is 29.0 Å². The average Bonchev–Trinajstić information content (AvgIpc) is 3.28. The second kappa shape index (κ2) is 14.5. The quantitative estimate of drug-likeness (QED) is 0.169. The molecule has 1 heterocycles. The Kier molecular flexibility index (Phi) is 11.9. The molecule has 2 saturated carbocycles. The second-order valence-electron chi connectivity index (χ2n) is 16.7. The summed E-state index contributed by atoms with van der Waals surface area (Å²) in [6, 6.07) is -3.61. The first-order chi connectivity index (χ1) is 22.0. The van der Waals surface area contributed by atoms with Crippen LogP contribution in [0.1, 0.15) is 107 Å². The lowest BCUT2D eigenvalue weighted by molar-refractivity contribution is -0.145. The predicted octanol–water partition coefficient (Wildman–Crippen LogP) is 3.26. The number of carbonyl (C=O) groups excluding carboxylic acids is 5. The predicted molar refractivity (Wildman–Crippen MR) is 186 cm³/mol. The van der Waals surface area contributed by atoms with Gasteiger partial charge in [0.1, 0.15) is 12.1 Å². The first-order valence-corrected chi connectivity index (χ1v) is 19.0. The molecule has 3 unspecified atom stereocenters. The summed E-state index contributed by atoms with van der Waals surface area (Å²) in [6.07, 6.45) is 5.79. The minimum Gasteiger partial charge on any atom is -0.346 e. The van der Waals surface area contributed by atoms with Gasteiger partial charge < -0.3 is 26.2 Å². The maximum Gasteiger partial charge on any atom is 0.315 e. The molecule has 3 aliphatic rings. The molecule has 0 spiro atoms. The van der Waals surface area contributed by atoms with E-state index in [1.54, 1.807) is 20.8 Å². The van der Waals surface area contributed by atoms with Crippen molar-refractivity contribution >= 4 is 39.4 Å². The van der Waals surface area contributed by atoms with Gasteiger partial charge in [0.25, 0.3) is 5.91 Å². The second-order valence-corrected chi connectivity index (χ2v) is 19.5. The van der Waals surface area contributed by atoms with E-state index in [-0.39, 0.29) is 36.0 Å². The van der Waals surface area contributed by atoms with E-state index in [2.05, 4.69) is 27.8 Å². The molecule has 0 aromatic carbocycles. The number of nitrogens with zero attached hydrogens (tertiary/aromatic N) is 1. The zero-order valence-corrected chi connectivity index (χ0v) is 31.3. The van der Waals surface area contributed by atoms with Crippen molar-refractivity contribution in [1.29, 1.82) is 0 Å². The van der Waals surface area contributed by atoms with Crippen LogP contribution in [0.15, 0.2) is 12.7 Å². The van der Waals surface area contributed by atoms with E-state index in [4.69, 9.17) is 0 Å². The van der Waals surface area contributed by atoms with Gasteiger partial charge in [-0.2, -0.15) is 0 Å². The Labute approximate surface area is 287 Å². The minimum atomic E-state index is -3.56. The van der Waals surface area contributed by atoms with E-state index in [0.29, 0.717) is 25.8 Å². The molecular formula is C35H59N5O7S. The molecule has 13 heteroatoms. The largest absolute Gasteiger partial charge is 0.346 e. The standard InChI is InChI=1S/C35H59N5O7S/c1-11-16-23(26(41)29(43)36-19-12-2)37-28(42)25-24-22(34(24,9)10)20-40(25)30(44)27(32(3,4)5)38-31(45)39-35(17-14-13-15-18-35)21-48(46,47)33(6,7)8/h12,22-25,27H,2,11,13-21H2,1,3-10H3,(H,36,43)(H,37,42)(H2,38,39,45)/t22?,23?,24?,25-,27+/m0/s1. The zero-order valence-electron chi connectivity index (χ0n) is 30.5. The molecule has 12 nitrogen and oxygen atoms in total. The SMILES string of the molecule is C=CCNC(=O)C(=O)C(CCC)NC(=O)[C@@H]1C2C(CN1C(=O)[C@@H](NC(=O)NC1(CS(=O)(=O)C(C)(C)C)CCCCC1)C(C)(C)C)C2(C)C. The summed E-state index contributed by atoms with van der Waals surface area (Å²) in [5, 5.41) is 11.1. The Bertz CT molecular complexity index is 1370. The lowest BCUT2D eigenvalue weighted by atomic mass is 9.83. The average molecular weight is 694 g/mol. The number of fused-ring (bicyclic) bond motifs is 1. The summed E-state index contributed by atoms with van der Waals surface area (Å²) in [5.74, 6) is -2.80. The number of amides is 5. The molecule has 5 amide bonds. The number of hydrogen-bond acceptors (Lipinski definition) is 7. The van der Waals surface area contributed by atoms with Gasteiger partial charge in [-0.3, -0.25) is 19.2 Å². The molecule has 2 aliphatic carbocycles. The molecule has 1 saturated heterocycles. The number of hydrogen-bond donors (Lipinski definition) is 4. The summed E-state index contributed by atoms with van der Waals surface area (Å²) in [7, 11) is -3.56. The number of sulfone groups is 1. The van der Waals surface area contributed by atoms with E-state index in [1.165, 1.54) is 11.0 Å². The van der Waals surface area contributed by atoms with Gasteiger partial charge in [-0.05, 0) is 62.7 Å². The van der Waals surface area contributed by atoms with Crippen molar-refractivity contribution in [1.82, 2.24) is 26.2 Å². The van der Waals surface area contributed by atoms with Crippen molar-refractivity contribution in [3.05, 3.63) is 12.7 Å². The van der Waals surface area contributed by atoms with Gasteiger partial charge in [0.2, 0.25) is 17.6 Å². The fourth-order valence-corrected chi connectivity index (χ4v) is 8.90.